The first-order valence-corrected chi connectivity index (χ1v) is 10.9. The highest BCUT2D eigenvalue weighted by molar-refractivity contribution is 7.98. The van der Waals surface area contributed by atoms with Gasteiger partial charge < -0.3 is 5.32 Å². The Kier molecular flexibility index (Phi) is 5.95. The Bertz CT molecular complexity index is 1420. The molecule has 0 bridgehead atoms. The third kappa shape index (κ3) is 4.35. The Labute approximate surface area is 186 Å². The van der Waals surface area contributed by atoms with E-state index in [9.17, 15) is 18.8 Å². The highest BCUT2D eigenvalue weighted by Crippen LogP contribution is 2.19. The van der Waals surface area contributed by atoms with Gasteiger partial charge in [-0.15, -0.1) is 11.8 Å². The van der Waals surface area contributed by atoms with Crippen molar-refractivity contribution >= 4 is 34.4 Å². The first-order chi connectivity index (χ1) is 15.4. The first-order valence-electron chi connectivity index (χ1n) is 9.71. The zero-order chi connectivity index (χ0) is 22.8. The van der Waals surface area contributed by atoms with E-state index in [0.717, 1.165) is 9.46 Å². The number of hydrogen-bond acceptors (Lipinski definition) is 5. The SMILES string of the molecule is CSc1cccc(NC(=O)Cn2c(=O)n(Cc3ccc(F)cc3)c(=O)c3nn(C)cc32)c1. The molecule has 0 aliphatic rings. The summed E-state index contributed by atoms with van der Waals surface area (Å²) in [7, 11) is 1.63. The normalized spacial score (nSPS) is 11.1. The van der Waals surface area contributed by atoms with Gasteiger partial charge in [-0.1, -0.05) is 18.2 Å². The summed E-state index contributed by atoms with van der Waals surface area (Å²) in [6.45, 7) is -0.365. The number of aromatic nitrogens is 4. The second-order valence-corrected chi connectivity index (χ2v) is 8.08. The number of aryl methyl sites for hydroxylation is 1. The molecule has 0 aliphatic heterocycles. The van der Waals surface area contributed by atoms with Gasteiger partial charge in [0.2, 0.25) is 5.91 Å². The van der Waals surface area contributed by atoms with Crippen LogP contribution in [0.3, 0.4) is 0 Å². The van der Waals surface area contributed by atoms with E-state index in [0.29, 0.717) is 11.3 Å². The summed E-state index contributed by atoms with van der Waals surface area (Å²) in [4.78, 5) is 39.9. The Morgan fingerprint density at radius 2 is 1.88 bits per heavy atom. The van der Waals surface area contributed by atoms with Crippen LogP contribution in [0.1, 0.15) is 5.56 Å². The van der Waals surface area contributed by atoms with Gasteiger partial charge in [0, 0.05) is 23.8 Å². The van der Waals surface area contributed by atoms with Crippen molar-refractivity contribution < 1.29 is 9.18 Å². The summed E-state index contributed by atoms with van der Waals surface area (Å²) in [5.74, 6) is -0.830. The van der Waals surface area contributed by atoms with E-state index < -0.39 is 23.0 Å². The third-order valence-electron chi connectivity index (χ3n) is 4.92. The van der Waals surface area contributed by atoms with Crippen LogP contribution in [0.5, 0.6) is 0 Å². The van der Waals surface area contributed by atoms with Crippen molar-refractivity contribution in [3.63, 3.8) is 0 Å². The van der Waals surface area contributed by atoms with Gasteiger partial charge in [0.1, 0.15) is 12.4 Å². The van der Waals surface area contributed by atoms with Crippen LogP contribution in [0.15, 0.2) is 69.2 Å². The Hall–Kier alpha value is -3.66. The van der Waals surface area contributed by atoms with Crippen molar-refractivity contribution in [1.82, 2.24) is 18.9 Å². The van der Waals surface area contributed by atoms with E-state index in [1.54, 1.807) is 24.9 Å². The molecule has 0 saturated carbocycles. The zero-order valence-corrected chi connectivity index (χ0v) is 18.2. The Morgan fingerprint density at radius 1 is 1.12 bits per heavy atom. The lowest BCUT2D eigenvalue weighted by Crippen LogP contribution is -2.41. The Balaban J connectivity index is 1.72. The molecule has 4 rings (SSSR count). The lowest BCUT2D eigenvalue weighted by molar-refractivity contribution is -0.116. The molecule has 10 heteroatoms. The summed E-state index contributed by atoms with van der Waals surface area (Å²) in [5.41, 5.74) is 0.312. The second kappa shape index (κ2) is 8.83. The van der Waals surface area contributed by atoms with E-state index in [1.165, 1.54) is 39.7 Å². The van der Waals surface area contributed by atoms with Crippen LogP contribution in [-0.4, -0.2) is 31.1 Å². The van der Waals surface area contributed by atoms with Gasteiger partial charge >= 0.3 is 5.69 Å². The molecule has 0 radical (unpaired) electrons. The molecule has 0 saturated heterocycles. The summed E-state index contributed by atoms with van der Waals surface area (Å²) >= 11 is 1.55. The van der Waals surface area contributed by atoms with Gasteiger partial charge in [-0.05, 0) is 42.2 Å². The minimum atomic E-state index is -0.646. The number of carbonyl (C=O) groups is 1. The van der Waals surface area contributed by atoms with Crippen LogP contribution in [0.2, 0.25) is 0 Å². The molecule has 2 heterocycles. The lowest BCUT2D eigenvalue weighted by Gasteiger charge is -2.12. The average molecular weight is 453 g/mol. The van der Waals surface area contributed by atoms with E-state index >= 15 is 0 Å². The van der Waals surface area contributed by atoms with Crippen LogP contribution in [0.25, 0.3) is 11.0 Å². The fraction of sp³-hybridized carbons (Fsp3) is 0.182. The molecular weight excluding hydrogens is 433 g/mol. The van der Waals surface area contributed by atoms with Gasteiger partial charge in [0.15, 0.2) is 5.52 Å². The van der Waals surface area contributed by atoms with Crippen molar-refractivity contribution in [3.8, 4) is 0 Å². The monoisotopic (exact) mass is 453 g/mol. The van der Waals surface area contributed by atoms with Crippen LogP contribution >= 0.6 is 11.8 Å². The molecule has 1 N–H and O–H groups in total. The minimum absolute atomic E-state index is 0.0676. The number of thioether (sulfide) groups is 1. The number of benzene rings is 2. The quantitative estimate of drug-likeness (QED) is 0.453. The fourth-order valence-corrected chi connectivity index (χ4v) is 3.86. The Morgan fingerprint density at radius 3 is 2.59 bits per heavy atom. The molecule has 164 valence electrons. The predicted octanol–water partition coefficient (Wildman–Crippen LogP) is 2.44. The lowest BCUT2D eigenvalue weighted by atomic mass is 10.2. The highest BCUT2D eigenvalue weighted by atomic mass is 32.2. The maximum absolute atomic E-state index is 13.2. The molecule has 0 spiro atoms. The van der Waals surface area contributed by atoms with Crippen LogP contribution in [0.4, 0.5) is 10.1 Å². The third-order valence-corrected chi connectivity index (χ3v) is 5.64. The smallest absolute Gasteiger partial charge is 0.324 e. The van der Waals surface area contributed by atoms with Crippen molar-refractivity contribution in [3.05, 3.63) is 86.9 Å². The molecule has 8 nitrogen and oxygen atoms in total. The molecule has 1 amide bonds. The number of rotatable bonds is 6. The summed E-state index contributed by atoms with van der Waals surface area (Å²) in [6.07, 6.45) is 3.46. The van der Waals surface area contributed by atoms with Crippen molar-refractivity contribution in [2.75, 3.05) is 11.6 Å². The summed E-state index contributed by atoms with van der Waals surface area (Å²) in [6, 6.07) is 12.9. The molecule has 0 aliphatic carbocycles. The predicted molar refractivity (Wildman–Crippen MR) is 122 cm³/mol. The number of carbonyl (C=O) groups excluding carboxylic acids is 1. The number of hydrogen-bond donors (Lipinski definition) is 1. The number of nitrogens with zero attached hydrogens (tertiary/aromatic N) is 4. The van der Waals surface area contributed by atoms with Crippen LogP contribution < -0.4 is 16.6 Å². The van der Waals surface area contributed by atoms with Gasteiger partial charge in [0.25, 0.3) is 5.56 Å². The average Bonchev–Trinajstić information content (AvgIpc) is 3.17. The number of anilines is 1. The fourth-order valence-electron chi connectivity index (χ4n) is 3.40. The second-order valence-electron chi connectivity index (χ2n) is 7.20. The number of nitrogens with one attached hydrogen (secondary N) is 1. The van der Waals surface area contributed by atoms with Gasteiger partial charge in [-0.2, -0.15) is 5.10 Å². The summed E-state index contributed by atoms with van der Waals surface area (Å²) < 4.78 is 16.9. The maximum atomic E-state index is 13.2. The van der Waals surface area contributed by atoms with E-state index in [1.807, 2.05) is 24.5 Å². The van der Waals surface area contributed by atoms with Crippen molar-refractivity contribution in [2.24, 2.45) is 7.05 Å². The highest BCUT2D eigenvalue weighted by Gasteiger charge is 2.18. The van der Waals surface area contributed by atoms with Crippen molar-refractivity contribution in [1.29, 1.82) is 0 Å². The maximum Gasteiger partial charge on any atom is 0.332 e. The summed E-state index contributed by atoms with van der Waals surface area (Å²) in [5, 5.41) is 6.96. The zero-order valence-electron chi connectivity index (χ0n) is 17.4. The van der Waals surface area contributed by atoms with Crippen LogP contribution in [-0.2, 0) is 24.9 Å². The molecule has 4 aromatic rings. The van der Waals surface area contributed by atoms with Crippen LogP contribution in [0, 0.1) is 5.82 Å². The van der Waals surface area contributed by atoms with Crippen molar-refractivity contribution in [2.45, 2.75) is 18.0 Å². The molecule has 32 heavy (non-hydrogen) atoms. The first kappa shape index (κ1) is 21.6. The molecular formula is C22H20FN5O3S. The molecule has 2 aromatic heterocycles. The van der Waals surface area contributed by atoms with Gasteiger partial charge in [0.05, 0.1) is 12.1 Å². The van der Waals surface area contributed by atoms with Gasteiger partial charge in [-0.25, -0.2) is 9.18 Å². The van der Waals surface area contributed by atoms with E-state index in [-0.39, 0.29) is 24.1 Å². The molecule has 0 atom stereocenters. The number of halogens is 1. The standard InChI is InChI=1S/C22H20FN5O3S/c1-26-12-18-20(25-26)21(30)28(11-14-6-8-15(23)9-7-14)22(31)27(18)13-19(29)24-16-4-3-5-17(10-16)32-2/h3-10,12H,11,13H2,1-2H3,(H,24,29). The number of fused-ring (bicyclic) bond motifs is 1. The van der Waals surface area contributed by atoms with Gasteiger partial charge in [-0.3, -0.25) is 23.4 Å². The minimum Gasteiger partial charge on any atom is -0.324 e. The molecule has 2 aromatic carbocycles. The number of amides is 1. The topological polar surface area (TPSA) is 90.9 Å². The largest absolute Gasteiger partial charge is 0.332 e. The van der Waals surface area contributed by atoms with E-state index in [4.69, 9.17) is 0 Å². The molecule has 0 unspecified atom stereocenters. The van der Waals surface area contributed by atoms with E-state index in [2.05, 4.69) is 10.4 Å². The molecule has 0 fully saturated rings.